The summed E-state index contributed by atoms with van der Waals surface area (Å²) in [5.41, 5.74) is 3.70. The van der Waals surface area contributed by atoms with Gasteiger partial charge in [-0.05, 0) is 44.2 Å². The molecule has 2 aromatic rings. The highest BCUT2D eigenvalue weighted by Gasteiger charge is 2.23. The molecule has 1 aromatic carbocycles. The second kappa shape index (κ2) is 9.31. The molecule has 0 aliphatic heterocycles. The van der Waals surface area contributed by atoms with Crippen molar-refractivity contribution in [2.75, 3.05) is 0 Å². The van der Waals surface area contributed by atoms with Crippen molar-refractivity contribution >= 4 is 17.2 Å². The number of Topliss-reactive ketones (excluding diaryl/α,β-unsaturated/α-hetero) is 1. The van der Waals surface area contributed by atoms with Crippen molar-refractivity contribution in [3.05, 3.63) is 47.7 Å². The van der Waals surface area contributed by atoms with Gasteiger partial charge in [-0.15, -0.1) is 0 Å². The molecule has 0 radical (unpaired) electrons. The van der Waals surface area contributed by atoms with Gasteiger partial charge in [0.25, 0.3) is 0 Å². The van der Waals surface area contributed by atoms with Crippen LogP contribution >= 0.6 is 0 Å². The quantitative estimate of drug-likeness (QED) is 0.477. The molecule has 2 atom stereocenters. The van der Waals surface area contributed by atoms with Gasteiger partial charge in [0.2, 0.25) is 5.78 Å². The van der Waals surface area contributed by atoms with E-state index >= 15 is 0 Å². The minimum absolute atomic E-state index is 0.0911. The van der Waals surface area contributed by atoms with Crippen molar-refractivity contribution < 1.29 is 4.79 Å². The molecule has 0 fully saturated rings. The number of carbonyl (C=O) groups is 1. The molecular weight excluding hydrogens is 336 g/mol. The maximum atomic E-state index is 12.7. The van der Waals surface area contributed by atoms with Crippen molar-refractivity contribution in [1.29, 1.82) is 10.8 Å². The van der Waals surface area contributed by atoms with E-state index in [9.17, 15) is 4.79 Å². The summed E-state index contributed by atoms with van der Waals surface area (Å²) in [6.45, 7) is 7.93. The average Bonchev–Trinajstić information content (AvgIpc) is 2.70. The lowest BCUT2D eigenvalue weighted by Gasteiger charge is -2.19. The van der Waals surface area contributed by atoms with E-state index in [0.717, 1.165) is 23.4 Å². The Morgan fingerprint density at radius 3 is 2.19 bits per heavy atom. The third-order valence-corrected chi connectivity index (χ3v) is 5.06. The van der Waals surface area contributed by atoms with Crippen LogP contribution in [0.4, 0.5) is 0 Å². The summed E-state index contributed by atoms with van der Waals surface area (Å²) in [4.78, 5) is 12.7. The largest absolute Gasteiger partial charge is 0.309 e. The minimum atomic E-state index is -0.264. The summed E-state index contributed by atoms with van der Waals surface area (Å²) < 4.78 is 0. The van der Waals surface area contributed by atoms with Gasteiger partial charge < -0.3 is 10.8 Å². The smallest absolute Gasteiger partial charge is 0.206 e. The summed E-state index contributed by atoms with van der Waals surface area (Å²) in [7, 11) is 0. The Labute approximate surface area is 161 Å². The van der Waals surface area contributed by atoms with Gasteiger partial charge in [0.1, 0.15) is 0 Å². The molecule has 2 rings (SSSR count). The van der Waals surface area contributed by atoms with E-state index in [-0.39, 0.29) is 23.3 Å². The lowest BCUT2D eigenvalue weighted by molar-refractivity contribution is 0.105. The molecule has 27 heavy (non-hydrogen) atoms. The van der Waals surface area contributed by atoms with Gasteiger partial charge in [0.15, 0.2) is 0 Å². The van der Waals surface area contributed by atoms with Crippen LogP contribution in [-0.2, 0) is 0 Å². The number of hydrogen-bond acceptors (Lipinski definition) is 5. The lowest BCUT2D eigenvalue weighted by Crippen LogP contribution is -2.26. The zero-order chi connectivity index (χ0) is 20.0. The highest BCUT2D eigenvalue weighted by molar-refractivity contribution is 6.45. The van der Waals surface area contributed by atoms with Crippen LogP contribution in [0.5, 0.6) is 0 Å². The first-order chi connectivity index (χ1) is 12.9. The Hall–Kier alpha value is -2.69. The van der Waals surface area contributed by atoms with Crippen LogP contribution in [0.15, 0.2) is 36.4 Å². The van der Waals surface area contributed by atoms with E-state index in [1.807, 2.05) is 45.0 Å². The van der Waals surface area contributed by atoms with Gasteiger partial charge in [-0.1, -0.05) is 45.0 Å². The predicted molar refractivity (Wildman–Crippen MR) is 110 cm³/mol. The van der Waals surface area contributed by atoms with E-state index in [0.29, 0.717) is 24.1 Å². The van der Waals surface area contributed by atoms with Gasteiger partial charge >= 0.3 is 0 Å². The Morgan fingerprint density at radius 2 is 1.67 bits per heavy atom. The standard InChI is InChI=1S/C22H28N4O/c1-5-14(3)19(23)13-16(6-2)21(24)22(27)18-10-8-17(9-11-18)20-12-7-15(4)25-26-20/h7-12,14,16,23-24H,5-6,13H2,1-4H3/t14-,16+/m1/s1. The van der Waals surface area contributed by atoms with E-state index in [4.69, 9.17) is 10.8 Å². The third-order valence-electron chi connectivity index (χ3n) is 5.06. The third kappa shape index (κ3) is 5.16. The highest BCUT2D eigenvalue weighted by atomic mass is 16.1. The topological polar surface area (TPSA) is 90.6 Å². The average molecular weight is 364 g/mol. The fourth-order valence-corrected chi connectivity index (χ4v) is 2.85. The zero-order valence-electron chi connectivity index (χ0n) is 16.5. The van der Waals surface area contributed by atoms with Crippen molar-refractivity contribution in [3.8, 4) is 11.3 Å². The molecule has 1 aromatic heterocycles. The van der Waals surface area contributed by atoms with Gasteiger partial charge in [-0.3, -0.25) is 4.79 Å². The molecule has 0 aliphatic carbocycles. The molecule has 0 bridgehead atoms. The van der Waals surface area contributed by atoms with Crippen LogP contribution in [0.25, 0.3) is 11.3 Å². The summed E-state index contributed by atoms with van der Waals surface area (Å²) in [5.74, 6) is -0.279. The first-order valence-electron chi connectivity index (χ1n) is 9.48. The summed E-state index contributed by atoms with van der Waals surface area (Å²) in [5, 5.41) is 24.7. The van der Waals surface area contributed by atoms with Crippen LogP contribution in [0.1, 0.15) is 56.1 Å². The van der Waals surface area contributed by atoms with E-state index in [1.165, 1.54) is 0 Å². The van der Waals surface area contributed by atoms with Crippen LogP contribution in [-0.4, -0.2) is 27.4 Å². The Bertz CT molecular complexity index is 809. The summed E-state index contributed by atoms with van der Waals surface area (Å²) >= 11 is 0. The van der Waals surface area contributed by atoms with Crippen molar-refractivity contribution in [3.63, 3.8) is 0 Å². The number of hydrogen-bond donors (Lipinski definition) is 2. The summed E-state index contributed by atoms with van der Waals surface area (Å²) in [6.07, 6.45) is 2.06. The van der Waals surface area contributed by atoms with Gasteiger partial charge in [-0.2, -0.15) is 10.2 Å². The molecule has 0 unspecified atom stereocenters. The highest BCUT2D eigenvalue weighted by Crippen LogP contribution is 2.21. The second-order valence-corrected chi connectivity index (χ2v) is 7.02. The second-order valence-electron chi connectivity index (χ2n) is 7.02. The molecule has 5 nitrogen and oxygen atoms in total. The minimum Gasteiger partial charge on any atom is -0.309 e. The monoisotopic (exact) mass is 364 g/mol. The lowest BCUT2D eigenvalue weighted by atomic mass is 9.86. The Kier molecular flexibility index (Phi) is 7.11. The number of nitrogens with zero attached hydrogens (tertiary/aromatic N) is 2. The first-order valence-corrected chi connectivity index (χ1v) is 9.48. The van der Waals surface area contributed by atoms with Crippen LogP contribution in [0.2, 0.25) is 0 Å². The van der Waals surface area contributed by atoms with Gasteiger partial charge in [0.05, 0.1) is 17.1 Å². The predicted octanol–water partition coefficient (Wildman–Crippen LogP) is 5.14. The Balaban J connectivity index is 2.12. The molecule has 2 N–H and O–H groups in total. The Morgan fingerprint density at radius 1 is 1.00 bits per heavy atom. The maximum absolute atomic E-state index is 12.7. The zero-order valence-corrected chi connectivity index (χ0v) is 16.5. The fraction of sp³-hybridized carbons (Fsp3) is 0.409. The normalized spacial score (nSPS) is 13.0. The number of ketones is 1. The molecule has 0 saturated carbocycles. The fourth-order valence-electron chi connectivity index (χ4n) is 2.85. The number of benzene rings is 1. The number of aromatic nitrogens is 2. The SMILES string of the molecule is CC[C@@H](CC(=N)[C@H](C)CC)C(=N)C(=O)c1ccc(-c2ccc(C)nn2)cc1. The van der Waals surface area contributed by atoms with Crippen LogP contribution in [0.3, 0.4) is 0 Å². The van der Waals surface area contributed by atoms with Crippen LogP contribution < -0.4 is 0 Å². The number of rotatable bonds is 9. The number of carbonyl (C=O) groups excluding carboxylic acids is 1. The van der Waals surface area contributed by atoms with Crippen molar-refractivity contribution in [2.24, 2.45) is 11.8 Å². The van der Waals surface area contributed by atoms with E-state index in [2.05, 4.69) is 17.1 Å². The molecule has 0 aliphatic rings. The number of aryl methyl sites for hydroxylation is 1. The molecule has 0 amide bonds. The van der Waals surface area contributed by atoms with Gasteiger partial charge in [0, 0.05) is 22.8 Å². The van der Waals surface area contributed by atoms with Crippen molar-refractivity contribution in [1.82, 2.24) is 10.2 Å². The van der Waals surface area contributed by atoms with Crippen molar-refractivity contribution in [2.45, 2.75) is 47.0 Å². The molecule has 0 spiro atoms. The first kappa shape index (κ1) is 20.6. The maximum Gasteiger partial charge on any atom is 0.206 e. The molecule has 142 valence electrons. The molecule has 5 heteroatoms. The molecule has 0 saturated heterocycles. The molecular formula is C22H28N4O. The number of nitrogens with one attached hydrogen (secondary N) is 2. The van der Waals surface area contributed by atoms with Crippen LogP contribution in [0, 0.1) is 29.6 Å². The van der Waals surface area contributed by atoms with E-state index < -0.39 is 0 Å². The summed E-state index contributed by atoms with van der Waals surface area (Å²) in [6, 6.07) is 10.9. The van der Waals surface area contributed by atoms with Gasteiger partial charge in [-0.25, -0.2) is 0 Å². The molecule has 1 heterocycles. The van der Waals surface area contributed by atoms with E-state index in [1.54, 1.807) is 12.1 Å².